The highest BCUT2D eigenvalue weighted by Gasteiger charge is 2.48. The molecule has 30 heteroatoms. The van der Waals surface area contributed by atoms with Crippen molar-refractivity contribution in [1.29, 1.82) is 0 Å². The Labute approximate surface area is 520 Å². The molecule has 490 valence electrons. The molecule has 0 bridgehead atoms. The Balaban J connectivity index is 0.000000169. The second kappa shape index (κ2) is 27.6. The lowest BCUT2D eigenvalue weighted by molar-refractivity contribution is -0.136. The SMILES string of the molecule is CC1C(=O)N(C)Cc2c(-c3cccc4nc(-c5cnn(C)c5)c(C(F)F)cc34)nc(C3CNC3)n21.CCN(CC)CC.CCN1CC(c2nc(-c3cccc4nc(-c5cnn(C)c5)c(C(F)F)cc34)c3n2C(C)C(=O)N(C)C3)C1.O=S(=O)(OCC(F)F)C(F)(F)F. The molecule has 10 heterocycles. The summed E-state index contributed by atoms with van der Waals surface area (Å²) >= 11 is 0. The molecule has 4 aliphatic rings. The van der Waals surface area contributed by atoms with Crippen molar-refractivity contribution < 1.29 is 61.7 Å². The van der Waals surface area contributed by atoms with Crippen LogP contribution >= 0.6 is 0 Å². The third-order valence-electron chi connectivity index (χ3n) is 16.7. The second-order valence-corrected chi connectivity index (χ2v) is 24.2. The number of nitrogens with one attached hydrogen (secondary N) is 1. The van der Waals surface area contributed by atoms with Crippen LogP contribution in [0.4, 0.5) is 39.5 Å². The number of halogens is 9. The molecule has 2 amide bonds. The predicted octanol–water partition coefficient (Wildman–Crippen LogP) is 10.5. The molecule has 2 saturated heterocycles. The number of hydrogen-bond donors (Lipinski definition) is 1. The number of benzene rings is 2. The van der Waals surface area contributed by atoms with Gasteiger partial charge in [-0.3, -0.25) is 23.1 Å². The molecule has 0 radical (unpaired) electrons. The monoisotopic (exact) mass is 1300 g/mol. The highest BCUT2D eigenvalue weighted by Crippen LogP contribution is 2.43. The molecule has 91 heavy (non-hydrogen) atoms. The minimum absolute atomic E-state index is 0.0377. The number of imidazole rings is 2. The van der Waals surface area contributed by atoms with E-state index in [0.717, 1.165) is 78.3 Å². The van der Waals surface area contributed by atoms with E-state index in [1.807, 2.05) is 54.8 Å². The van der Waals surface area contributed by atoms with Crippen LogP contribution in [-0.4, -0.2) is 173 Å². The minimum atomic E-state index is -5.87. The van der Waals surface area contributed by atoms with Crippen LogP contribution in [0, 0.1) is 0 Å². The summed E-state index contributed by atoms with van der Waals surface area (Å²) < 4.78 is 143. The number of aromatic nitrogens is 10. The molecule has 20 nitrogen and oxygen atoms in total. The number of carbonyl (C=O) groups excluding carboxylic acids is 2. The Morgan fingerprint density at radius 3 is 1.40 bits per heavy atom. The molecule has 2 atom stereocenters. The van der Waals surface area contributed by atoms with Crippen molar-refractivity contribution in [3.05, 3.63) is 107 Å². The number of carbonyl (C=O) groups is 2. The van der Waals surface area contributed by atoms with Gasteiger partial charge in [0, 0.05) is 123 Å². The fourth-order valence-electron chi connectivity index (χ4n) is 11.7. The van der Waals surface area contributed by atoms with Crippen LogP contribution in [0.1, 0.15) is 112 Å². The van der Waals surface area contributed by atoms with Crippen molar-refractivity contribution in [3.63, 3.8) is 0 Å². The lowest BCUT2D eigenvalue weighted by Gasteiger charge is -2.39. The summed E-state index contributed by atoms with van der Waals surface area (Å²) in [7, 11) is 1.19. The maximum Gasteiger partial charge on any atom is 0.523 e. The smallest absolute Gasteiger partial charge is 0.338 e. The standard InChI is InChI=1S/C27H29F2N7O.C25H25F2N7O.C6H15N.C3H3F5O3S/c1-5-35-12-17(13-35)26-32-24(22-14-33(3)27(37)15(2)36(22)26)18-7-6-8-21-19(18)9-20(25(28)29)23(31-21)16-10-30-34(4)11-16;1-13-25(35)32(2)12-20-22(31-24(34(13)20)14-8-28-9-14)16-5-4-6-19-17(16)7-18(23(26)27)21(30-19)15-10-29-33(3)11-15;1-4-7(5-2)6-3;4-2(5)1-11-12(9,10)3(6,7)8/h6-11,15,17,25H,5,12-14H2,1-4H3;4-7,10-11,13-14,23,28H,8-9,12H2,1-3H3;4-6H2,1-3H3;2H,1H2. The van der Waals surface area contributed by atoms with Gasteiger partial charge in [-0.25, -0.2) is 46.3 Å². The minimum Gasteiger partial charge on any atom is -0.338 e. The normalized spacial score (nSPS) is 17.3. The van der Waals surface area contributed by atoms with Crippen molar-refractivity contribution in [2.45, 2.75) is 103 Å². The van der Waals surface area contributed by atoms with Gasteiger partial charge < -0.3 is 34.1 Å². The van der Waals surface area contributed by atoms with E-state index in [1.54, 1.807) is 78.2 Å². The Morgan fingerprint density at radius 2 is 1.07 bits per heavy atom. The van der Waals surface area contributed by atoms with Crippen LogP contribution in [-0.2, 0) is 51.1 Å². The van der Waals surface area contributed by atoms with Gasteiger partial charge in [0.2, 0.25) is 11.8 Å². The number of hydrogen-bond acceptors (Lipinski definition) is 14. The third-order valence-corrected chi connectivity index (χ3v) is 17.7. The molecule has 2 aromatic carbocycles. The van der Waals surface area contributed by atoms with Gasteiger partial charge in [-0.2, -0.15) is 31.8 Å². The van der Waals surface area contributed by atoms with Gasteiger partial charge in [0.25, 0.3) is 19.3 Å². The van der Waals surface area contributed by atoms with Crippen LogP contribution < -0.4 is 5.32 Å². The first-order valence-electron chi connectivity index (χ1n) is 29.6. The van der Waals surface area contributed by atoms with Crippen LogP contribution in [0.3, 0.4) is 0 Å². The third kappa shape index (κ3) is 13.9. The number of fused-ring (bicyclic) bond motifs is 4. The first-order chi connectivity index (χ1) is 43.1. The van der Waals surface area contributed by atoms with Gasteiger partial charge in [-0.05, 0) is 64.3 Å². The van der Waals surface area contributed by atoms with Gasteiger partial charge in [0.05, 0.1) is 70.7 Å². The average molecular weight is 1300 g/mol. The van der Waals surface area contributed by atoms with Gasteiger partial charge in [0.1, 0.15) is 30.3 Å². The Hall–Kier alpha value is -7.80. The summed E-state index contributed by atoms with van der Waals surface area (Å²) in [5.41, 5.74) is 1.63. The molecule has 2 unspecified atom stereocenters. The van der Waals surface area contributed by atoms with Crippen LogP contribution in [0.25, 0.3) is 66.8 Å². The first kappa shape index (κ1) is 67.6. The Bertz CT molecular complexity index is 4040. The van der Waals surface area contributed by atoms with Gasteiger partial charge in [0.15, 0.2) is 0 Å². The molecular formula is C61H72F9N15O5S. The molecule has 6 aromatic heterocycles. The van der Waals surface area contributed by atoms with E-state index < -0.39 is 41.5 Å². The topological polar surface area (TPSA) is 200 Å². The predicted molar refractivity (Wildman–Crippen MR) is 323 cm³/mol. The highest BCUT2D eigenvalue weighted by molar-refractivity contribution is 7.87. The highest BCUT2D eigenvalue weighted by atomic mass is 32.2. The van der Waals surface area contributed by atoms with Crippen molar-refractivity contribution >= 4 is 43.7 Å². The lowest BCUT2D eigenvalue weighted by atomic mass is 9.98. The zero-order valence-electron chi connectivity index (χ0n) is 51.9. The molecule has 0 aliphatic carbocycles. The van der Waals surface area contributed by atoms with E-state index in [9.17, 15) is 57.5 Å². The van der Waals surface area contributed by atoms with E-state index in [2.05, 4.69) is 71.7 Å². The van der Waals surface area contributed by atoms with Crippen LogP contribution in [0.2, 0.25) is 0 Å². The molecular weight excluding hydrogens is 1230 g/mol. The van der Waals surface area contributed by atoms with E-state index in [4.69, 9.17) is 9.97 Å². The van der Waals surface area contributed by atoms with Gasteiger partial charge >= 0.3 is 15.6 Å². The zero-order valence-corrected chi connectivity index (χ0v) is 52.7. The summed E-state index contributed by atoms with van der Waals surface area (Å²) in [6.07, 6.45) is -2.20. The number of likely N-dealkylation sites (N-methyl/N-ethyl adjacent to an activating group) is 3. The van der Waals surface area contributed by atoms with Crippen LogP contribution in [0.15, 0.2) is 73.3 Å². The first-order valence-corrected chi connectivity index (χ1v) is 31.1. The van der Waals surface area contributed by atoms with Gasteiger partial charge in [-0.1, -0.05) is 52.0 Å². The molecule has 12 rings (SSSR count). The summed E-state index contributed by atoms with van der Waals surface area (Å²) in [5.74, 6) is 2.29. The quantitative estimate of drug-likeness (QED) is 0.0577. The zero-order chi connectivity index (χ0) is 66.1. The van der Waals surface area contributed by atoms with E-state index in [0.29, 0.717) is 46.0 Å². The molecule has 0 saturated carbocycles. The van der Waals surface area contributed by atoms with Crippen molar-refractivity contribution in [2.24, 2.45) is 14.1 Å². The van der Waals surface area contributed by atoms with Crippen molar-refractivity contribution in [1.82, 2.24) is 73.5 Å². The largest absolute Gasteiger partial charge is 0.523 e. The number of alkyl halides is 9. The number of rotatable bonds is 15. The van der Waals surface area contributed by atoms with Crippen molar-refractivity contribution in [2.75, 3.05) is 73.1 Å². The second-order valence-electron chi connectivity index (χ2n) is 22.6. The molecule has 2 fully saturated rings. The average Bonchev–Trinajstić information content (AvgIpc) is 1.63. The number of amides is 2. The summed E-state index contributed by atoms with van der Waals surface area (Å²) in [5, 5.41) is 12.8. The molecule has 8 aromatic rings. The maximum absolute atomic E-state index is 14.3. The fourth-order valence-corrected chi connectivity index (χ4v) is 12.1. The summed E-state index contributed by atoms with van der Waals surface area (Å²) in [4.78, 5) is 53.3. The molecule has 4 aliphatic heterocycles. The number of nitrogens with zero attached hydrogens (tertiary/aromatic N) is 14. The summed E-state index contributed by atoms with van der Waals surface area (Å²) in [6, 6.07) is 13.6. The number of pyridine rings is 2. The Morgan fingerprint density at radius 1 is 0.637 bits per heavy atom. The van der Waals surface area contributed by atoms with Crippen LogP contribution in [0.5, 0.6) is 0 Å². The van der Waals surface area contributed by atoms with E-state index in [1.165, 1.54) is 25.7 Å². The summed E-state index contributed by atoms with van der Waals surface area (Å²) in [6.45, 7) is 19.4. The fraction of sp³-hybridized carbons (Fsp3) is 0.475. The number of likely N-dealkylation sites (tertiary alicyclic amines) is 1. The maximum atomic E-state index is 14.3. The number of aryl methyl sites for hydroxylation is 2. The molecule has 1 N–H and O–H groups in total. The van der Waals surface area contributed by atoms with E-state index in [-0.39, 0.29) is 58.2 Å². The van der Waals surface area contributed by atoms with Gasteiger partial charge in [-0.15, -0.1) is 0 Å². The Kier molecular flexibility index (Phi) is 20.5. The molecule has 0 spiro atoms. The van der Waals surface area contributed by atoms with Crippen molar-refractivity contribution in [3.8, 4) is 45.0 Å². The lowest BCUT2D eigenvalue weighted by Crippen LogP contribution is -2.47. The van der Waals surface area contributed by atoms with E-state index >= 15 is 0 Å².